The van der Waals surface area contributed by atoms with Crippen LogP contribution in [0.3, 0.4) is 0 Å². The lowest BCUT2D eigenvalue weighted by atomic mass is 10.0. The average molecular weight is 225 g/mol. The summed E-state index contributed by atoms with van der Waals surface area (Å²) in [7, 11) is 1.37. The summed E-state index contributed by atoms with van der Waals surface area (Å²) in [5.74, 6) is -1.55. The average Bonchev–Trinajstić information content (AvgIpc) is 2.22. The van der Waals surface area contributed by atoms with Crippen LogP contribution >= 0.6 is 0 Å². The molecule has 0 saturated carbocycles. The van der Waals surface area contributed by atoms with Crippen LogP contribution in [0.15, 0.2) is 18.2 Å². The molecule has 1 aromatic carbocycles. The number of carboxylic acid groups (broad SMARTS) is 1. The highest BCUT2D eigenvalue weighted by Gasteiger charge is 2.24. The summed E-state index contributed by atoms with van der Waals surface area (Å²) < 4.78 is 13.0. The van der Waals surface area contributed by atoms with E-state index in [9.17, 15) is 14.0 Å². The Morgan fingerprint density at radius 3 is 2.62 bits per heavy atom. The number of nitrogens with zero attached hydrogens (tertiary/aromatic N) is 1. The number of halogens is 1. The lowest BCUT2D eigenvalue weighted by Gasteiger charge is -2.21. The normalized spacial score (nSPS) is 11.9. The standard InChI is InChI=1S/C11H12FNO3/c1-7-5-8(3-4-9(7)12)10(11(15)16)13(2)6-14/h3-6,10H,1-2H3,(H,15,16). The van der Waals surface area contributed by atoms with Crippen LogP contribution in [-0.4, -0.2) is 29.4 Å². The molecule has 0 radical (unpaired) electrons. The quantitative estimate of drug-likeness (QED) is 0.787. The molecule has 0 spiro atoms. The molecule has 1 unspecified atom stereocenters. The first-order valence-corrected chi connectivity index (χ1v) is 4.63. The molecule has 0 heterocycles. The smallest absolute Gasteiger partial charge is 0.331 e. The van der Waals surface area contributed by atoms with Crippen LogP contribution in [0.1, 0.15) is 17.2 Å². The first kappa shape index (κ1) is 12.2. The highest BCUT2D eigenvalue weighted by Crippen LogP contribution is 2.21. The molecular formula is C11H12FNO3. The number of carboxylic acids is 1. The zero-order valence-corrected chi connectivity index (χ0v) is 8.98. The van der Waals surface area contributed by atoms with Gasteiger partial charge in [-0.25, -0.2) is 9.18 Å². The molecule has 0 saturated heterocycles. The van der Waals surface area contributed by atoms with Crippen LogP contribution < -0.4 is 0 Å². The van der Waals surface area contributed by atoms with Crippen molar-refractivity contribution >= 4 is 12.4 Å². The van der Waals surface area contributed by atoms with Gasteiger partial charge in [-0.05, 0) is 24.1 Å². The van der Waals surface area contributed by atoms with Gasteiger partial charge in [-0.1, -0.05) is 12.1 Å². The lowest BCUT2D eigenvalue weighted by molar-refractivity contribution is -0.145. The first-order chi connectivity index (χ1) is 7.47. The van der Waals surface area contributed by atoms with Gasteiger partial charge in [-0.3, -0.25) is 4.79 Å². The molecule has 0 aliphatic heterocycles. The van der Waals surface area contributed by atoms with Crippen LogP contribution in [0, 0.1) is 12.7 Å². The van der Waals surface area contributed by atoms with Crippen molar-refractivity contribution in [3.63, 3.8) is 0 Å². The third-order valence-electron chi connectivity index (χ3n) is 2.31. The molecular weight excluding hydrogens is 213 g/mol. The third kappa shape index (κ3) is 2.36. The van der Waals surface area contributed by atoms with Gasteiger partial charge in [-0.2, -0.15) is 0 Å². The van der Waals surface area contributed by atoms with Crippen molar-refractivity contribution in [2.24, 2.45) is 0 Å². The maximum Gasteiger partial charge on any atom is 0.331 e. The van der Waals surface area contributed by atoms with Gasteiger partial charge in [0.15, 0.2) is 6.04 Å². The first-order valence-electron chi connectivity index (χ1n) is 4.63. The van der Waals surface area contributed by atoms with E-state index in [1.54, 1.807) is 6.92 Å². The van der Waals surface area contributed by atoms with Gasteiger partial charge in [0.05, 0.1) is 0 Å². The van der Waals surface area contributed by atoms with Crippen molar-refractivity contribution in [1.82, 2.24) is 4.90 Å². The summed E-state index contributed by atoms with van der Waals surface area (Å²) in [4.78, 5) is 22.6. The Morgan fingerprint density at radius 1 is 1.56 bits per heavy atom. The number of carbonyl (C=O) groups excluding carboxylic acids is 1. The zero-order valence-electron chi connectivity index (χ0n) is 8.98. The molecule has 0 aliphatic carbocycles. The minimum atomic E-state index is -1.15. The Morgan fingerprint density at radius 2 is 2.19 bits per heavy atom. The van der Waals surface area contributed by atoms with Crippen LogP contribution in [-0.2, 0) is 9.59 Å². The molecule has 1 amide bonds. The summed E-state index contributed by atoms with van der Waals surface area (Å²) >= 11 is 0. The predicted molar refractivity (Wildman–Crippen MR) is 55.3 cm³/mol. The second-order valence-electron chi connectivity index (χ2n) is 3.52. The molecule has 4 nitrogen and oxygen atoms in total. The van der Waals surface area contributed by atoms with E-state index in [0.717, 1.165) is 4.90 Å². The topological polar surface area (TPSA) is 57.6 Å². The van der Waals surface area contributed by atoms with Gasteiger partial charge >= 0.3 is 5.97 Å². The van der Waals surface area contributed by atoms with Gasteiger partial charge in [0.1, 0.15) is 5.82 Å². The van der Waals surface area contributed by atoms with Crippen LogP contribution in [0.2, 0.25) is 0 Å². The predicted octanol–water partition coefficient (Wildman–Crippen LogP) is 1.35. The summed E-state index contributed by atoms with van der Waals surface area (Å²) in [6.07, 6.45) is 0.428. The molecule has 1 atom stereocenters. The van der Waals surface area contributed by atoms with E-state index < -0.39 is 17.8 Å². The van der Waals surface area contributed by atoms with Crippen molar-refractivity contribution in [3.05, 3.63) is 35.1 Å². The molecule has 0 aromatic heterocycles. The van der Waals surface area contributed by atoms with Gasteiger partial charge in [0.25, 0.3) is 0 Å². The van der Waals surface area contributed by atoms with E-state index in [0.29, 0.717) is 17.5 Å². The van der Waals surface area contributed by atoms with Crippen molar-refractivity contribution in [3.8, 4) is 0 Å². The van der Waals surface area contributed by atoms with E-state index in [1.165, 1.54) is 25.2 Å². The van der Waals surface area contributed by atoms with Gasteiger partial charge in [-0.15, -0.1) is 0 Å². The van der Waals surface area contributed by atoms with Gasteiger partial charge in [0, 0.05) is 7.05 Å². The Kier molecular flexibility index (Phi) is 3.60. The highest BCUT2D eigenvalue weighted by molar-refractivity contribution is 5.78. The highest BCUT2D eigenvalue weighted by atomic mass is 19.1. The summed E-state index contributed by atoms with van der Waals surface area (Å²) in [6, 6.07) is 2.89. The molecule has 1 N–H and O–H groups in total. The third-order valence-corrected chi connectivity index (χ3v) is 2.31. The fraction of sp³-hybridized carbons (Fsp3) is 0.273. The maximum atomic E-state index is 13.0. The van der Waals surface area contributed by atoms with Crippen LogP contribution in [0.5, 0.6) is 0 Å². The summed E-state index contributed by atoms with van der Waals surface area (Å²) in [6.45, 7) is 1.54. The van der Waals surface area contributed by atoms with E-state index in [2.05, 4.69) is 0 Å². The van der Waals surface area contributed by atoms with Crippen LogP contribution in [0.25, 0.3) is 0 Å². The van der Waals surface area contributed by atoms with E-state index in [4.69, 9.17) is 5.11 Å². The number of hydrogen-bond donors (Lipinski definition) is 1. The molecule has 0 aliphatic rings. The van der Waals surface area contributed by atoms with Gasteiger partial charge < -0.3 is 10.0 Å². The fourth-order valence-electron chi connectivity index (χ4n) is 1.45. The fourth-order valence-corrected chi connectivity index (χ4v) is 1.45. The Hall–Kier alpha value is -1.91. The van der Waals surface area contributed by atoms with Crippen molar-refractivity contribution < 1.29 is 19.1 Å². The number of hydrogen-bond acceptors (Lipinski definition) is 2. The lowest BCUT2D eigenvalue weighted by Crippen LogP contribution is -2.29. The number of carbonyl (C=O) groups is 2. The molecule has 1 rings (SSSR count). The van der Waals surface area contributed by atoms with Crippen molar-refractivity contribution in [2.75, 3.05) is 7.05 Å². The minimum Gasteiger partial charge on any atom is -0.479 e. The minimum absolute atomic E-state index is 0.350. The van der Waals surface area contributed by atoms with E-state index >= 15 is 0 Å². The zero-order chi connectivity index (χ0) is 12.3. The van der Waals surface area contributed by atoms with E-state index in [-0.39, 0.29) is 0 Å². The SMILES string of the molecule is Cc1cc(C(C(=O)O)N(C)C=O)ccc1F. The number of aryl methyl sites for hydroxylation is 1. The molecule has 0 bridgehead atoms. The molecule has 5 heteroatoms. The second kappa shape index (κ2) is 4.74. The van der Waals surface area contributed by atoms with E-state index in [1.807, 2.05) is 0 Å². The van der Waals surface area contributed by atoms with Crippen molar-refractivity contribution in [1.29, 1.82) is 0 Å². The summed E-state index contributed by atoms with van der Waals surface area (Å²) in [5, 5.41) is 8.99. The number of likely N-dealkylation sites (N-methyl/N-ethyl adjacent to an activating group) is 1. The maximum absolute atomic E-state index is 13.0. The Bertz CT molecular complexity index is 420. The largest absolute Gasteiger partial charge is 0.479 e. The number of amides is 1. The Labute approximate surface area is 92.3 Å². The molecule has 0 fully saturated rings. The molecule has 16 heavy (non-hydrogen) atoms. The van der Waals surface area contributed by atoms with Gasteiger partial charge in [0.2, 0.25) is 6.41 Å². The second-order valence-corrected chi connectivity index (χ2v) is 3.52. The number of benzene rings is 1. The van der Waals surface area contributed by atoms with Crippen LogP contribution in [0.4, 0.5) is 4.39 Å². The number of rotatable bonds is 4. The molecule has 86 valence electrons. The summed E-state index contributed by atoms with van der Waals surface area (Å²) in [5.41, 5.74) is 0.726. The van der Waals surface area contributed by atoms with Crippen molar-refractivity contribution in [2.45, 2.75) is 13.0 Å². The Balaban J connectivity index is 3.16. The number of aliphatic carboxylic acids is 1. The molecule has 1 aromatic rings. The monoisotopic (exact) mass is 225 g/mol.